The van der Waals surface area contributed by atoms with Crippen molar-refractivity contribution in [2.24, 2.45) is 0 Å². The molecule has 2 aromatic heterocycles. The zero-order valence-corrected chi connectivity index (χ0v) is 33.0. The summed E-state index contributed by atoms with van der Waals surface area (Å²) in [4.78, 5) is 0. The Hall–Kier alpha value is -7.42. The van der Waals surface area contributed by atoms with Gasteiger partial charge in [-0.3, -0.25) is 0 Å². The molecule has 2 heteroatoms. The Balaban J connectivity index is 1.03. The summed E-state index contributed by atoms with van der Waals surface area (Å²) in [5.41, 5.74) is 19.9. The van der Waals surface area contributed by atoms with Crippen LogP contribution in [0.3, 0.4) is 0 Å². The SMILES string of the molecule is CC1(C)c2ccccc2-c2cc3c4cc(-c5ccc6c(c5)c5ccccc5n6-c5ccc(-c6ccccc6)cc5)ccc4n(-c4ccc(-c5ccccc5)cc4)c3cc21. The molecule has 0 fully saturated rings. The van der Waals surface area contributed by atoms with Crippen LogP contribution in [0.15, 0.2) is 206 Å². The summed E-state index contributed by atoms with van der Waals surface area (Å²) in [5.74, 6) is 0. The van der Waals surface area contributed by atoms with Gasteiger partial charge in [-0.1, -0.05) is 153 Å². The number of benzene rings is 9. The van der Waals surface area contributed by atoms with Crippen LogP contribution in [-0.4, -0.2) is 9.13 Å². The van der Waals surface area contributed by atoms with E-state index in [0.717, 1.165) is 11.4 Å². The first-order valence-electron chi connectivity index (χ1n) is 20.6. The van der Waals surface area contributed by atoms with Crippen LogP contribution in [-0.2, 0) is 5.41 Å². The molecule has 278 valence electrons. The average molecular weight is 753 g/mol. The molecule has 59 heavy (non-hydrogen) atoms. The van der Waals surface area contributed by atoms with Crippen LogP contribution >= 0.6 is 0 Å². The second-order valence-electron chi connectivity index (χ2n) is 16.6. The van der Waals surface area contributed by atoms with E-state index in [4.69, 9.17) is 0 Å². The molecule has 11 aromatic rings. The summed E-state index contributed by atoms with van der Waals surface area (Å²) in [7, 11) is 0. The number of hydrogen-bond donors (Lipinski definition) is 0. The molecule has 2 nitrogen and oxygen atoms in total. The molecule has 0 saturated heterocycles. The van der Waals surface area contributed by atoms with E-state index in [2.05, 4.69) is 229 Å². The maximum atomic E-state index is 2.47. The predicted molar refractivity (Wildman–Crippen MR) is 249 cm³/mol. The van der Waals surface area contributed by atoms with Crippen LogP contribution < -0.4 is 0 Å². The molecular weight excluding hydrogens is 713 g/mol. The van der Waals surface area contributed by atoms with Gasteiger partial charge in [-0.25, -0.2) is 0 Å². The second kappa shape index (κ2) is 12.8. The normalized spacial score (nSPS) is 13.1. The van der Waals surface area contributed by atoms with Gasteiger partial charge in [-0.15, -0.1) is 0 Å². The molecule has 0 amide bonds. The highest BCUT2D eigenvalue weighted by molar-refractivity contribution is 6.14. The quantitative estimate of drug-likeness (QED) is 0.166. The van der Waals surface area contributed by atoms with E-state index in [1.807, 2.05) is 0 Å². The Morgan fingerprint density at radius 1 is 0.288 bits per heavy atom. The van der Waals surface area contributed by atoms with Gasteiger partial charge in [0.1, 0.15) is 0 Å². The Morgan fingerprint density at radius 2 is 0.729 bits per heavy atom. The number of rotatable bonds is 5. The summed E-state index contributed by atoms with van der Waals surface area (Å²) in [6.07, 6.45) is 0. The van der Waals surface area contributed by atoms with Crippen molar-refractivity contribution < 1.29 is 0 Å². The van der Waals surface area contributed by atoms with Crippen molar-refractivity contribution in [1.82, 2.24) is 9.13 Å². The van der Waals surface area contributed by atoms with Gasteiger partial charge in [0, 0.05) is 38.3 Å². The fourth-order valence-corrected chi connectivity index (χ4v) is 9.97. The van der Waals surface area contributed by atoms with E-state index >= 15 is 0 Å². The maximum absolute atomic E-state index is 2.47. The first kappa shape index (κ1) is 33.7. The lowest BCUT2D eigenvalue weighted by Crippen LogP contribution is -2.14. The third-order valence-electron chi connectivity index (χ3n) is 12.9. The zero-order chi connectivity index (χ0) is 39.2. The van der Waals surface area contributed by atoms with E-state index in [1.165, 1.54) is 99.2 Å². The molecule has 0 bridgehead atoms. The molecule has 0 saturated carbocycles. The van der Waals surface area contributed by atoms with Gasteiger partial charge < -0.3 is 9.13 Å². The summed E-state index contributed by atoms with van der Waals surface area (Å²) in [6, 6.07) is 76.1. The van der Waals surface area contributed by atoms with E-state index in [1.54, 1.807) is 0 Å². The molecule has 1 aliphatic carbocycles. The lowest BCUT2D eigenvalue weighted by molar-refractivity contribution is 0.661. The predicted octanol–water partition coefficient (Wildman–Crippen LogP) is 15.2. The molecule has 9 aromatic carbocycles. The molecule has 2 heterocycles. The van der Waals surface area contributed by atoms with Gasteiger partial charge >= 0.3 is 0 Å². The van der Waals surface area contributed by atoms with E-state index in [-0.39, 0.29) is 5.41 Å². The van der Waals surface area contributed by atoms with Gasteiger partial charge in [-0.2, -0.15) is 0 Å². The highest BCUT2D eigenvalue weighted by Gasteiger charge is 2.36. The van der Waals surface area contributed by atoms with Crippen LogP contribution in [0.5, 0.6) is 0 Å². The number of hydrogen-bond acceptors (Lipinski definition) is 0. The monoisotopic (exact) mass is 752 g/mol. The standard InChI is InChI=1S/C57H40N2/c1-57(2)51-19-11-9-17-45(51)47-35-50-49-34-42(26-32-55(49)59(56(50)36-52(47)57)44-29-23-40(24-30-44)38-15-7-4-8-16-38)41-25-31-54-48(33-41)46-18-10-12-20-53(46)58(54)43-27-21-39(22-28-43)37-13-5-3-6-14-37/h3-36H,1-2H3. The van der Waals surface area contributed by atoms with Crippen LogP contribution in [0.25, 0.3) is 99.5 Å². The topological polar surface area (TPSA) is 9.86 Å². The fourth-order valence-electron chi connectivity index (χ4n) is 9.97. The van der Waals surface area contributed by atoms with Crippen molar-refractivity contribution in [2.45, 2.75) is 19.3 Å². The van der Waals surface area contributed by atoms with Crippen LogP contribution in [0.2, 0.25) is 0 Å². The van der Waals surface area contributed by atoms with E-state index in [9.17, 15) is 0 Å². The lowest BCUT2D eigenvalue weighted by atomic mass is 9.82. The van der Waals surface area contributed by atoms with Crippen molar-refractivity contribution in [3.63, 3.8) is 0 Å². The van der Waals surface area contributed by atoms with Crippen molar-refractivity contribution in [1.29, 1.82) is 0 Å². The average Bonchev–Trinajstić information content (AvgIpc) is 3.88. The molecule has 0 aliphatic heterocycles. The number of nitrogens with zero attached hydrogens (tertiary/aromatic N) is 2. The second-order valence-corrected chi connectivity index (χ2v) is 16.6. The summed E-state index contributed by atoms with van der Waals surface area (Å²) in [5, 5.41) is 5.04. The minimum Gasteiger partial charge on any atom is -0.309 e. The Morgan fingerprint density at radius 3 is 1.34 bits per heavy atom. The van der Waals surface area contributed by atoms with Crippen molar-refractivity contribution in [2.75, 3.05) is 0 Å². The summed E-state index contributed by atoms with van der Waals surface area (Å²) < 4.78 is 4.88. The summed E-state index contributed by atoms with van der Waals surface area (Å²) in [6.45, 7) is 4.74. The molecule has 0 N–H and O–H groups in total. The highest BCUT2D eigenvalue weighted by atomic mass is 15.0. The van der Waals surface area contributed by atoms with Gasteiger partial charge in [0.2, 0.25) is 0 Å². The van der Waals surface area contributed by atoms with Crippen LogP contribution in [0.1, 0.15) is 25.0 Å². The van der Waals surface area contributed by atoms with Crippen LogP contribution in [0, 0.1) is 0 Å². The molecule has 12 rings (SSSR count). The Labute approximate surface area is 343 Å². The molecular formula is C57H40N2. The number of fused-ring (bicyclic) bond motifs is 9. The maximum Gasteiger partial charge on any atom is 0.0544 e. The first-order valence-corrected chi connectivity index (χ1v) is 20.6. The third-order valence-corrected chi connectivity index (χ3v) is 12.9. The highest BCUT2D eigenvalue weighted by Crippen LogP contribution is 2.51. The minimum absolute atomic E-state index is 0.0950. The van der Waals surface area contributed by atoms with Gasteiger partial charge in [-0.05, 0) is 122 Å². The molecule has 0 unspecified atom stereocenters. The van der Waals surface area contributed by atoms with Gasteiger partial charge in [0.15, 0.2) is 0 Å². The van der Waals surface area contributed by atoms with Gasteiger partial charge in [0.05, 0.1) is 22.1 Å². The zero-order valence-electron chi connectivity index (χ0n) is 33.0. The van der Waals surface area contributed by atoms with Crippen molar-refractivity contribution in [3.05, 3.63) is 217 Å². The van der Waals surface area contributed by atoms with Crippen molar-refractivity contribution in [3.8, 4) is 55.9 Å². The smallest absolute Gasteiger partial charge is 0.0544 e. The molecule has 0 atom stereocenters. The minimum atomic E-state index is -0.0950. The van der Waals surface area contributed by atoms with Gasteiger partial charge in [0.25, 0.3) is 0 Å². The Bertz CT molecular complexity index is 3420. The Kier molecular flexibility index (Phi) is 7.31. The molecule has 0 radical (unpaired) electrons. The number of aromatic nitrogens is 2. The summed E-state index contributed by atoms with van der Waals surface area (Å²) >= 11 is 0. The first-order chi connectivity index (χ1) is 29.0. The van der Waals surface area contributed by atoms with E-state index in [0.29, 0.717) is 0 Å². The number of para-hydroxylation sites is 1. The fraction of sp³-hybridized carbons (Fsp3) is 0.0526. The third kappa shape index (κ3) is 5.13. The lowest BCUT2D eigenvalue weighted by Gasteiger charge is -2.21. The molecule has 1 aliphatic rings. The van der Waals surface area contributed by atoms with Crippen molar-refractivity contribution >= 4 is 43.6 Å². The largest absolute Gasteiger partial charge is 0.309 e. The van der Waals surface area contributed by atoms with Crippen LogP contribution in [0.4, 0.5) is 0 Å². The van der Waals surface area contributed by atoms with E-state index < -0.39 is 0 Å². The molecule has 0 spiro atoms.